The molecule has 0 aromatic heterocycles. The molecule has 0 saturated heterocycles. The van der Waals surface area contributed by atoms with Gasteiger partial charge in [0.25, 0.3) is 0 Å². The third-order valence-electron chi connectivity index (χ3n) is 3.44. The first-order valence-corrected chi connectivity index (χ1v) is 5.68. The molecule has 0 N–H and O–H groups in total. The van der Waals surface area contributed by atoms with Crippen molar-refractivity contribution in [2.45, 2.75) is 39.0 Å². The van der Waals surface area contributed by atoms with Crippen LogP contribution in [-0.2, 0) is 4.79 Å². The lowest BCUT2D eigenvalue weighted by Crippen LogP contribution is -2.28. The molecule has 0 bridgehead atoms. The number of fused-ring (bicyclic) bond motifs is 1. The number of allylic oxidation sites excluding steroid dienone is 4. The molecule has 0 radical (unpaired) electrons. The summed E-state index contributed by atoms with van der Waals surface area (Å²) in [6, 6.07) is 0. The Hall–Kier alpha value is -0.850. The quantitative estimate of drug-likeness (QED) is 0.580. The lowest BCUT2D eigenvalue weighted by atomic mass is 9.71. The average Bonchev–Trinajstić information content (AvgIpc) is 2.23. The maximum atomic E-state index is 11.7. The van der Waals surface area contributed by atoms with Crippen molar-refractivity contribution < 1.29 is 4.79 Å². The van der Waals surface area contributed by atoms with E-state index in [9.17, 15) is 4.79 Å². The van der Waals surface area contributed by atoms with E-state index >= 15 is 0 Å². The molecule has 2 atom stereocenters. The van der Waals surface area contributed by atoms with E-state index in [0.29, 0.717) is 11.7 Å². The number of ketones is 1. The van der Waals surface area contributed by atoms with Gasteiger partial charge in [-0.05, 0) is 38.5 Å². The fourth-order valence-electron chi connectivity index (χ4n) is 2.73. The predicted molar refractivity (Wildman–Crippen MR) is 58.0 cm³/mol. The fourth-order valence-corrected chi connectivity index (χ4v) is 2.73. The molecule has 0 aliphatic heterocycles. The van der Waals surface area contributed by atoms with Gasteiger partial charge in [0.15, 0.2) is 0 Å². The molecule has 1 saturated carbocycles. The number of hydrogen-bond donors (Lipinski definition) is 0. The van der Waals surface area contributed by atoms with Gasteiger partial charge in [-0.25, -0.2) is 0 Å². The van der Waals surface area contributed by atoms with Crippen LogP contribution in [0.3, 0.4) is 0 Å². The molecule has 0 heterocycles. The zero-order valence-corrected chi connectivity index (χ0v) is 8.83. The maximum Gasteiger partial charge on any atom is 0.143 e. The molecule has 76 valence electrons. The van der Waals surface area contributed by atoms with E-state index in [0.717, 1.165) is 12.8 Å². The summed E-state index contributed by atoms with van der Waals surface area (Å²) in [6.45, 7) is 2.00. The third-order valence-corrected chi connectivity index (χ3v) is 3.44. The molecule has 2 rings (SSSR count). The minimum Gasteiger partial charge on any atom is -0.299 e. The van der Waals surface area contributed by atoms with Gasteiger partial charge in [0.1, 0.15) is 5.78 Å². The number of rotatable bonds is 1. The Balaban J connectivity index is 2.25. The maximum absolute atomic E-state index is 11.7. The highest BCUT2D eigenvalue weighted by Gasteiger charge is 2.32. The molecule has 2 aliphatic carbocycles. The van der Waals surface area contributed by atoms with Gasteiger partial charge in [0.2, 0.25) is 0 Å². The number of carbonyl (C=O) groups excluding carboxylic acids is 1. The Morgan fingerprint density at radius 3 is 3.07 bits per heavy atom. The van der Waals surface area contributed by atoms with Gasteiger partial charge in [-0.3, -0.25) is 4.79 Å². The molecular formula is C13H18O. The van der Waals surface area contributed by atoms with Crippen LogP contribution in [0.2, 0.25) is 0 Å². The van der Waals surface area contributed by atoms with E-state index < -0.39 is 0 Å². The van der Waals surface area contributed by atoms with Crippen LogP contribution in [0.4, 0.5) is 0 Å². The molecule has 0 spiro atoms. The van der Waals surface area contributed by atoms with Crippen LogP contribution in [0.25, 0.3) is 0 Å². The van der Waals surface area contributed by atoms with Gasteiger partial charge in [0.05, 0.1) is 5.92 Å². The van der Waals surface area contributed by atoms with Crippen molar-refractivity contribution in [3.05, 3.63) is 23.8 Å². The summed E-state index contributed by atoms with van der Waals surface area (Å²) >= 11 is 0. The van der Waals surface area contributed by atoms with Crippen LogP contribution < -0.4 is 0 Å². The van der Waals surface area contributed by atoms with E-state index in [-0.39, 0.29) is 5.92 Å². The second kappa shape index (κ2) is 4.12. The van der Waals surface area contributed by atoms with Gasteiger partial charge < -0.3 is 0 Å². The topological polar surface area (TPSA) is 17.1 Å². The minimum absolute atomic E-state index is 0.124. The van der Waals surface area contributed by atoms with Crippen LogP contribution >= 0.6 is 0 Å². The summed E-state index contributed by atoms with van der Waals surface area (Å²) in [4.78, 5) is 11.7. The SMILES string of the molecule is CC=CC1C(=O)CCC2CCCC=C21. The van der Waals surface area contributed by atoms with Gasteiger partial charge in [-0.15, -0.1) is 0 Å². The molecule has 14 heavy (non-hydrogen) atoms. The molecule has 2 unspecified atom stereocenters. The minimum atomic E-state index is 0.124. The van der Waals surface area contributed by atoms with Crippen molar-refractivity contribution in [2.24, 2.45) is 11.8 Å². The average molecular weight is 190 g/mol. The van der Waals surface area contributed by atoms with Crippen LogP contribution in [-0.4, -0.2) is 5.78 Å². The Bertz CT molecular complexity index is 286. The molecule has 1 fully saturated rings. The third kappa shape index (κ3) is 1.68. The van der Waals surface area contributed by atoms with E-state index in [1.807, 2.05) is 13.0 Å². The van der Waals surface area contributed by atoms with Crippen molar-refractivity contribution in [1.82, 2.24) is 0 Å². The van der Waals surface area contributed by atoms with Crippen LogP contribution in [0, 0.1) is 11.8 Å². The van der Waals surface area contributed by atoms with Gasteiger partial charge in [-0.1, -0.05) is 23.8 Å². The predicted octanol–water partition coefficient (Wildman–Crippen LogP) is 3.27. The van der Waals surface area contributed by atoms with E-state index in [1.54, 1.807) is 0 Å². The summed E-state index contributed by atoms with van der Waals surface area (Å²) in [5, 5.41) is 0. The lowest BCUT2D eigenvalue weighted by molar-refractivity contribution is -0.122. The summed E-state index contributed by atoms with van der Waals surface area (Å²) in [5.41, 5.74) is 1.42. The highest BCUT2D eigenvalue weighted by molar-refractivity contribution is 5.86. The molecule has 0 amide bonds. The van der Waals surface area contributed by atoms with Gasteiger partial charge in [0, 0.05) is 6.42 Å². The highest BCUT2D eigenvalue weighted by Crippen LogP contribution is 2.39. The van der Waals surface area contributed by atoms with Crippen molar-refractivity contribution in [2.75, 3.05) is 0 Å². The Morgan fingerprint density at radius 2 is 2.29 bits per heavy atom. The molecular weight excluding hydrogens is 172 g/mol. The first-order chi connectivity index (χ1) is 6.83. The summed E-state index contributed by atoms with van der Waals surface area (Å²) in [5.74, 6) is 1.26. The van der Waals surface area contributed by atoms with Crippen molar-refractivity contribution in [3.8, 4) is 0 Å². The van der Waals surface area contributed by atoms with Crippen LogP contribution in [0.15, 0.2) is 23.8 Å². The van der Waals surface area contributed by atoms with E-state index in [2.05, 4.69) is 12.2 Å². The second-order valence-electron chi connectivity index (χ2n) is 4.34. The van der Waals surface area contributed by atoms with E-state index in [4.69, 9.17) is 0 Å². The van der Waals surface area contributed by atoms with Crippen LogP contribution in [0.5, 0.6) is 0 Å². The summed E-state index contributed by atoms with van der Waals surface area (Å²) < 4.78 is 0. The summed E-state index contributed by atoms with van der Waals surface area (Å²) in [7, 11) is 0. The van der Waals surface area contributed by atoms with Crippen molar-refractivity contribution in [3.63, 3.8) is 0 Å². The zero-order chi connectivity index (χ0) is 9.97. The van der Waals surface area contributed by atoms with Gasteiger partial charge >= 0.3 is 0 Å². The van der Waals surface area contributed by atoms with Gasteiger partial charge in [-0.2, -0.15) is 0 Å². The van der Waals surface area contributed by atoms with E-state index in [1.165, 1.54) is 24.8 Å². The van der Waals surface area contributed by atoms with Crippen molar-refractivity contribution >= 4 is 5.78 Å². The smallest absolute Gasteiger partial charge is 0.143 e. The number of hydrogen-bond acceptors (Lipinski definition) is 1. The highest BCUT2D eigenvalue weighted by atomic mass is 16.1. The molecule has 1 heteroatoms. The molecule has 0 aromatic rings. The van der Waals surface area contributed by atoms with Crippen molar-refractivity contribution in [1.29, 1.82) is 0 Å². The fraction of sp³-hybridized carbons (Fsp3) is 0.615. The number of Topliss-reactive ketones (excluding diaryl/α,β-unsaturated/α-hetero) is 1. The molecule has 2 aliphatic rings. The molecule has 0 aromatic carbocycles. The van der Waals surface area contributed by atoms with Crippen LogP contribution in [0.1, 0.15) is 39.0 Å². The zero-order valence-electron chi connectivity index (χ0n) is 8.83. The largest absolute Gasteiger partial charge is 0.299 e. The normalized spacial score (nSPS) is 32.9. The lowest BCUT2D eigenvalue weighted by Gasteiger charge is -2.32. The Morgan fingerprint density at radius 1 is 1.43 bits per heavy atom. The summed E-state index contributed by atoms with van der Waals surface area (Å²) in [6.07, 6.45) is 12.1. The Kier molecular flexibility index (Phi) is 2.85. The second-order valence-corrected chi connectivity index (χ2v) is 4.34. The first-order valence-electron chi connectivity index (χ1n) is 5.68. The monoisotopic (exact) mass is 190 g/mol. The molecule has 1 nitrogen and oxygen atoms in total. The number of carbonyl (C=O) groups is 1. The Labute approximate surface area is 85.9 Å². The standard InChI is InChI=1S/C13H18O/c1-2-5-12-11-7-4-3-6-10(11)8-9-13(12)14/h2,5,7,10,12H,3-4,6,8-9H2,1H3. The first kappa shape index (κ1) is 9.70.